The molecule has 0 saturated heterocycles. The number of rotatable bonds is 7. The molecule has 0 atom stereocenters. The fourth-order valence-electron chi connectivity index (χ4n) is 3.01. The summed E-state index contributed by atoms with van der Waals surface area (Å²) in [4.78, 5) is 11.7. The third-order valence-corrected chi connectivity index (χ3v) is 5.31. The van der Waals surface area contributed by atoms with Gasteiger partial charge in [-0.25, -0.2) is 17.9 Å². The summed E-state index contributed by atoms with van der Waals surface area (Å²) in [6.07, 6.45) is -5.16. The van der Waals surface area contributed by atoms with E-state index in [1.165, 1.54) is 19.2 Å². The highest BCUT2D eigenvalue weighted by molar-refractivity contribution is 7.89. The van der Waals surface area contributed by atoms with Gasteiger partial charge in [-0.15, -0.1) is 13.2 Å². The molecule has 0 unspecified atom stereocenters. The number of primary sulfonamides is 1. The maximum atomic E-state index is 13.6. The molecule has 0 fully saturated rings. The number of methoxy groups -OCH3 is 1. The number of hydrogen-bond donors (Lipinski definition) is 2. The number of nitrogens with two attached hydrogens (primary N) is 2. The predicted octanol–water partition coefficient (Wildman–Crippen LogP) is 3.94. The van der Waals surface area contributed by atoms with Gasteiger partial charge in [-0.2, -0.15) is 0 Å². The molecule has 0 aromatic heterocycles. The van der Waals surface area contributed by atoms with Crippen molar-refractivity contribution >= 4 is 15.9 Å². The van der Waals surface area contributed by atoms with E-state index in [4.69, 9.17) is 20.3 Å². The largest absolute Gasteiger partial charge is 0.573 e. The van der Waals surface area contributed by atoms with E-state index in [2.05, 4.69) is 4.74 Å². The predicted molar refractivity (Wildman–Crippen MR) is 111 cm³/mol. The van der Waals surface area contributed by atoms with Gasteiger partial charge in [0.15, 0.2) is 17.2 Å². The monoisotopic (exact) mass is 500 g/mol. The summed E-state index contributed by atoms with van der Waals surface area (Å²) < 4.78 is 91.5. The van der Waals surface area contributed by atoms with Crippen molar-refractivity contribution < 1.29 is 45.0 Å². The van der Waals surface area contributed by atoms with Crippen LogP contribution in [-0.2, 0) is 10.0 Å². The lowest BCUT2D eigenvalue weighted by Crippen LogP contribution is -2.19. The van der Waals surface area contributed by atoms with Crippen molar-refractivity contribution in [2.45, 2.75) is 11.3 Å². The summed E-state index contributed by atoms with van der Waals surface area (Å²) in [5.41, 5.74) is 4.39. The Bertz CT molecular complexity index is 1360. The molecule has 8 nitrogen and oxygen atoms in total. The first kappa shape index (κ1) is 24.8. The van der Waals surface area contributed by atoms with Crippen LogP contribution in [0.3, 0.4) is 0 Å². The van der Waals surface area contributed by atoms with Crippen LogP contribution in [0.1, 0.15) is 10.4 Å². The molecule has 0 aliphatic rings. The topological polar surface area (TPSA) is 131 Å². The van der Waals surface area contributed by atoms with Crippen molar-refractivity contribution in [3.63, 3.8) is 0 Å². The van der Waals surface area contributed by atoms with Crippen LogP contribution in [0.25, 0.3) is 11.1 Å². The molecule has 180 valence electrons. The van der Waals surface area contributed by atoms with E-state index in [0.717, 1.165) is 42.5 Å². The van der Waals surface area contributed by atoms with Crippen molar-refractivity contribution in [3.8, 4) is 34.1 Å². The standard InChI is InChI=1S/C21H16F4N2O6S/c1-31-17-10-12(22)5-7-15(17)32-19-14(20(26)28)6-8-16(33-21(23,24)25)18(19)11-3-2-4-13(9-11)34(27,29)30/h2-10H,1H3,(H2,26,28)(H2,27,29,30). The Balaban J connectivity index is 2.37. The van der Waals surface area contributed by atoms with Crippen molar-refractivity contribution in [1.82, 2.24) is 0 Å². The Labute approximate surface area is 190 Å². The quantitative estimate of drug-likeness (QED) is 0.473. The van der Waals surface area contributed by atoms with Gasteiger partial charge < -0.3 is 19.9 Å². The zero-order valence-electron chi connectivity index (χ0n) is 17.2. The second kappa shape index (κ2) is 9.19. The highest BCUT2D eigenvalue weighted by atomic mass is 32.2. The fraction of sp³-hybridized carbons (Fsp3) is 0.0952. The molecule has 3 rings (SSSR count). The molecule has 0 bridgehead atoms. The zero-order valence-corrected chi connectivity index (χ0v) is 18.0. The van der Waals surface area contributed by atoms with Gasteiger partial charge in [0, 0.05) is 6.07 Å². The van der Waals surface area contributed by atoms with E-state index in [-0.39, 0.29) is 22.6 Å². The number of sulfonamides is 1. The molecule has 0 spiro atoms. The number of alkyl halides is 3. The zero-order chi connectivity index (χ0) is 25.3. The molecule has 0 heterocycles. The number of primary amides is 1. The fourth-order valence-corrected chi connectivity index (χ4v) is 3.57. The highest BCUT2D eigenvalue weighted by Crippen LogP contribution is 2.46. The lowest BCUT2D eigenvalue weighted by molar-refractivity contribution is -0.274. The van der Waals surface area contributed by atoms with Gasteiger partial charge in [0.25, 0.3) is 5.91 Å². The molecule has 0 saturated carbocycles. The van der Waals surface area contributed by atoms with E-state index in [9.17, 15) is 30.8 Å². The number of hydrogen-bond acceptors (Lipinski definition) is 6. The second-order valence-electron chi connectivity index (χ2n) is 6.70. The Morgan fingerprint density at radius 2 is 1.65 bits per heavy atom. The van der Waals surface area contributed by atoms with E-state index in [0.29, 0.717) is 0 Å². The summed E-state index contributed by atoms with van der Waals surface area (Å²) in [6.45, 7) is 0. The van der Waals surface area contributed by atoms with Gasteiger partial charge in [0.05, 0.1) is 23.1 Å². The number of halogens is 4. The lowest BCUT2D eigenvalue weighted by atomic mass is 9.99. The van der Waals surface area contributed by atoms with Crippen molar-refractivity contribution in [1.29, 1.82) is 0 Å². The summed E-state index contributed by atoms with van der Waals surface area (Å²) in [5.74, 6) is -3.47. The van der Waals surface area contributed by atoms with Crippen LogP contribution in [-0.4, -0.2) is 27.8 Å². The molecule has 0 aliphatic carbocycles. The van der Waals surface area contributed by atoms with E-state index >= 15 is 0 Å². The Hall–Kier alpha value is -3.84. The number of benzene rings is 3. The van der Waals surface area contributed by atoms with E-state index in [1.807, 2.05) is 0 Å². The van der Waals surface area contributed by atoms with Gasteiger partial charge in [0.2, 0.25) is 10.0 Å². The second-order valence-corrected chi connectivity index (χ2v) is 8.26. The molecule has 0 radical (unpaired) electrons. The van der Waals surface area contributed by atoms with E-state index < -0.39 is 50.1 Å². The first-order chi connectivity index (χ1) is 15.8. The van der Waals surface area contributed by atoms with Crippen LogP contribution in [0.4, 0.5) is 17.6 Å². The SMILES string of the molecule is COc1cc(F)ccc1Oc1c(C(N)=O)ccc(OC(F)(F)F)c1-c1cccc(S(N)(=O)=O)c1. The van der Waals surface area contributed by atoms with Gasteiger partial charge in [-0.05, 0) is 42.0 Å². The van der Waals surface area contributed by atoms with Gasteiger partial charge in [0.1, 0.15) is 11.6 Å². The first-order valence-electron chi connectivity index (χ1n) is 9.17. The smallest absolute Gasteiger partial charge is 0.493 e. The molecule has 13 heteroatoms. The molecular weight excluding hydrogens is 484 g/mol. The van der Waals surface area contributed by atoms with Crippen LogP contribution >= 0.6 is 0 Å². The first-order valence-corrected chi connectivity index (χ1v) is 10.7. The minimum Gasteiger partial charge on any atom is -0.493 e. The van der Waals surface area contributed by atoms with Crippen molar-refractivity contribution in [2.24, 2.45) is 10.9 Å². The molecule has 4 N–H and O–H groups in total. The Morgan fingerprint density at radius 1 is 0.971 bits per heavy atom. The molecule has 1 amide bonds. The average molecular weight is 500 g/mol. The minimum atomic E-state index is -5.16. The van der Waals surface area contributed by atoms with Gasteiger partial charge in [-0.1, -0.05) is 12.1 Å². The number of ether oxygens (including phenoxy) is 3. The van der Waals surface area contributed by atoms with Crippen LogP contribution in [0, 0.1) is 5.82 Å². The molecule has 3 aromatic rings. The van der Waals surface area contributed by atoms with Crippen LogP contribution < -0.4 is 25.1 Å². The third-order valence-electron chi connectivity index (χ3n) is 4.40. The highest BCUT2D eigenvalue weighted by Gasteiger charge is 2.34. The maximum absolute atomic E-state index is 13.6. The molecule has 3 aromatic carbocycles. The van der Waals surface area contributed by atoms with Crippen LogP contribution in [0.2, 0.25) is 0 Å². The number of carbonyl (C=O) groups is 1. The molecule has 34 heavy (non-hydrogen) atoms. The van der Waals surface area contributed by atoms with Crippen LogP contribution in [0.15, 0.2) is 59.5 Å². The summed E-state index contributed by atoms with van der Waals surface area (Å²) >= 11 is 0. The van der Waals surface area contributed by atoms with Crippen molar-refractivity contribution in [2.75, 3.05) is 7.11 Å². The summed E-state index contributed by atoms with van der Waals surface area (Å²) in [5, 5.41) is 5.14. The summed E-state index contributed by atoms with van der Waals surface area (Å²) in [7, 11) is -3.06. The Kier molecular flexibility index (Phi) is 6.70. The molecular formula is C21H16F4N2O6S. The maximum Gasteiger partial charge on any atom is 0.573 e. The van der Waals surface area contributed by atoms with E-state index in [1.54, 1.807) is 0 Å². The van der Waals surface area contributed by atoms with Gasteiger partial charge in [-0.3, -0.25) is 4.79 Å². The number of amides is 1. The lowest BCUT2D eigenvalue weighted by Gasteiger charge is -2.20. The average Bonchev–Trinajstić information content (AvgIpc) is 2.73. The molecule has 0 aliphatic heterocycles. The Morgan fingerprint density at radius 3 is 2.24 bits per heavy atom. The number of carbonyl (C=O) groups excluding carboxylic acids is 1. The van der Waals surface area contributed by atoms with Crippen molar-refractivity contribution in [3.05, 3.63) is 66.0 Å². The summed E-state index contributed by atoms with van der Waals surface area (Å²) in [6, 6.07) is 9.33. The minimum absolute atomic E-state index is 0.151. The normalized spacial score (nSPS) is 11.7. The van der Waals surface area contributed by atoms with Crippen LogP contribution in [0.5, 0.6) is 23.0 Å². The van der Waals surface area contributed by atoms with Gasteiger partial charge >= 0.3 is 6.36 Å². The third kappa shape index (κ3) is 5.55.